The van der Waals surface area contributed by atoms with Crippen LogP contribution < -0.4 is 16.4 Å². The molecule has 1 unspecified atom stereocenters. The lowest BCUT2D eigenvalue weighted by molar-refractivity contribution is -0.117. The van der Waals surface area contributed by atoms with Gasteiger partial charge in [0.15, 0.2) is 5.76 Å². The van der Waals surface area contributed by atoms with E-state index in [1.807, 2.05) is 13.8 Å². The molecule has 0 aliphatic carbocycles. The second-order valence-corrected chi connectivity index (χ2v) is 5.35. The molecule has 0 spiro atoms. The molecule has 23 heavy (non-hydrogen) atoms. The molecule has 2 rings (SSSR count). The van der Waals surface area contributed by atoms with Gasteiger partial charge in [0, 0.05) is 11.4 Å². The maximum atomic E-state index is 12.0. The summed E-state index contributed by atoms with van der Waals surface area (Å²) in [5.41, 5.74) is 7.91. The molecule has 2 amide bonds. The Labute approximate surface area is 135 Å². The van der Waals surface area contributed by atoms with Crippen LogP contribution in [0.1, 0.15) is 35.9 Å². The average Bonchev–Trinajstić information content (AvgIpc) is 3.04. The molecule has 1 aromatic carbocycles. The zero-order valence-electron chi connectivity index (χ0n) is 13.3. The van der Waals surface area contributed by atoms with Crippen molar-refractivity contribution < 1.29 is 14.0 Å². The number of benzene rings is 1. The molecule has 0 fully saturated rings. The summed E-state index contributed by atoms with van der Waals surface area (Å²) in [6.45, 7) is 3.83. The lowest BCUT2D eigenvalue weighted by Gasteiger charge is -2.13. The predicted octanol–water partition coefficient (Wildman–Crippen LogP) is 2.91. The van der Waals surface area contributed by atoms with E-state index < -0.39 is 6.04 Å². The molecule has 0 bridgehead atoms. The summed E-state index contributed by atoms with van der Waals surface area (Å²) in [6.07, 6.45) is 2.94. The minimum absolute atomic E-state index is 0.210. The molecule has 0 aliphatic rings. The molecule has 1 heterocycles. The van der Waals surface area contributed by atoms with Gasteiger partial charge < -0.3 is 20.8 Å². The van der Waals surface area contributed by atoms with Crippen LogP contribution in [0.3, 0.4) is 0 Å². The zero-order chi connectivity index (χ0) is 16.8. The number of anilines is 2. The summed E-state index contributed by atoms with van der Waals surface area (Å²) in [5, 5.41) is 5.55. The van der Waals surface area contributed by atoms with Crippen molar-refractivity contribution in [2.24, 2.45) is 5.73 Å². The zero-order valence-corrected chi connectivity index (χ0v) is 13.3. The number of nitrogens with two attached hydrogens (primary N) is 1. The summed E-state index contributed by atoms with van der Waals surface area (Å²) in [5.74, 6) is -0.286. The second-order valence-electron chi connectivity index (χ2n) is 5.35. The van der Waals surface area contributed by atoms with E-state index in [0.29, 0.717) is 17.8 Å². The number of nitrogens with one attached hydrogen (secondary N) is 2. The topological polar surface area (TPSA) is 97.4 Å². The minimum atomic E-state index is -0.515. The largest absolute Gasteiger partial charge is 0.459 e. The van der Waals surface area contributed by atoms with Crippen molar-refractivity contribution in [3.8, 4) is 0 Å². The van der Waals surface area contributed by atoms with E-state index in [2.05, 4.69) is 10.6 Å². The maximum Gasteiger partial charge on any atom is 0.291 e. The Morgan fingerprint density at radius 2 is 2.04 bits per heavy atom. The summed E-state index contributed by atoms with van der Waals surface area (Å²) in [6, 6.07) is 7.97. The monoisotopic (exact) mass is 315 g/mol. The van der Waals surface area contributed by atoms with Gasteiger partial charge in [-0.1, -0.05) is 13.3 Å². The van der Waals surface area contributed by atoms with Crippen LogP contribution in [0.5, 0.6) is 0 Å². The van der Waals surface area contributed by atoms with Gasteiger partial charge >= 0.3 is 0 Å². The molecule has 2 aromatic rings. The normalized spacial score (nSPS) is 11.8. The van der Waals surface area contributed by atoms with E-state index in [-0.39, 0.29) is 17.6 Å². The molecule has 6 heteroatoms. The third kappa shape index (κ3) is 4.43. The quantitative estimate of drug-likeness (QED) is 0.763. The van der Waals surface area contributed by atoms with Crippen LogP contribution in [0, 0.1) is 6.92 Å². The molecule has 6 nitrogen and oxygen atoms in total. The highest BCUT2D eigenvalue weighted by molar-refractivity contribution is 6.03. The first-order chi connectivity index (χ1) is 11.0. The molecule has 1 atom stereocenters. The first-order valence-corrected chi connectivity index (χ1v) is 7.53. The van der Waals surface area contributed by atoms with Gasteiger partial charge in [-0.25, -0.2) is 0 Å². The fourth-order valence-electron chi connectivity index (χ4n) is 2.15. The van der Waals surface area contributed by atoms with Crippen molar-refractivity contribution in [3.63, 3.8) is 0 Å². The van der Waals surface area contributed by atoms with Crippen LogP contribution in [0.2, 0.25) is 0 Å². The Bertz CT molecular complexity index is 680. The third-order valence-corrected chi connectivity index (χ3v) is 3.42. The van der Waals surface area contributed by atoms with Gasteiger partial charge in [0.1, 0.15) is 0 Å². The standard InChI is InChI=1S/C17H21N3O3/c1-3-5-13(18)16(21)19-12-7-8-14(11(2)10-12)20-17(22)15-6-4-9-23-15/h4,6-10,13H,3,5,18H2,1-2H3,(H,19,21)(H,20,22). The third-order valence-electron chi connectivity index (χ3n) is 3.42. The molecule has 0 radical (unpaired) electrons. The molecule has 0 aliphatic heterocycles. The molecule has 0 saturated carbocycles. The SMILES string of the molecule is CCCC(N)C(=O)Nc1ccc(NC(=O)c2ccco2)c(C)c1. The summed E-state index contributed by atoms with van der Waals surface area (Å²) in [4.78, 5) is 23.9. The molecular formula is C17H21N3O3. The number of rotatable bonds is 6. The minimum Gasteiger partial charge on any atom is -0.459 e. The number of carbonyl (C=O) groups excluding carboxylic acids is 2. The van der Waals surface area contributed by atoms with Gasteiger partial charge in [-0.3, -0.25) is 9.59 Å². The van der Waals surface area contributed by atoms with Crippen LogP contribution in [0.25, 0.3) is 0 Å². The van der Waals surface area contributed by atoms with Crippen LogP contribution in [-0.2, 0) is 4.79 Å². The van der Waals surface area contributed by atoms with Gasteiger partial charge in [0.05, 0.1) is 12.3 Å². The van der Waals surface area contributed by atoms with E-state index >= 15 is 0 Å². The molecular weight excluding hydrogens is 294 g/mol. The Morgan fingerprint density at radius 3 is 2.65 bits per heavy atom. The summed E-state index contributed by atoms with van der Waals surface area (Å²) < 4.78 is 5.05. The number of furan rings is 1. The van der Waals surface area contributed by atoms with E-state index in [9.17, 15) is 9.59 Å². The van der Waals surface area contributed by atoms with E-state index in [1.54, 1.807) is 30.3 Å². The van der Waals surface area contributed by atoms with E-state index in [1.165, 1.54) is 6.26 Å². The van der Waals surface area contributed by atoms with Crippen LogP contribution in [0.4, 0.5) is 11.4 Å². The van der Waals surface area contributed by atoms with Crippen LogP contribution in [-0.4, -0.2) is 17.9 Å². The van der Waals surface area contributed by atoms with Gasteiger partial charge in [-0.05, 0) is 49.2 Å². The van der Waals surface area contributed by atoms with Crippen molar-refractivity contribution >= 4 is 23.2 Å². The molecule has 1 aromatic heterocycles. The van der Waals surface area contributed by atoms with Gasteiger partial charge in [0.25, 0.3) is 5.91 Å². The molecule has 122 valence electrons. The fourth-order valence-corrected chi connectivity index (χ4v) is 2.15. The number of hydrogen-bond acceptors (Lipinski definition) is 4. The van der Waals surface area contributed by atoms with Gasteiger partial charge in [-0.15, -0.1) is 0 Å². The first kappa shape index (κ1) is 16.8. The smallest absolute Gasteiger partial charge is 0.291 e. The van der Waals surface area contributed by atoms with E-state index in [0.717, 1.165) is 12.0 Å². The van der Waals surface area contributed by atoms with Crippen molar-refractivity contribution in [2.45, 2.75) is 32.7 Å². The van der Waals surface area contributed by atoms with Crippen molar-refractivity contribution in [1.29, 1.82) is 0 Å². The Morgan fingerprint density at radius 1 is 1.26 bits per heavy atom. The van der Waals surface area contributed by atoms with Gasteiger partial charge in [0.2, 0.25) is 5.91 Å². The Balaban J connectivity index is 2.03. The maximum absolute atomic E-state index is 12.0. The highest BCUT2D eigenvalue weighted by Gasteiger charge is 2.14. The second kappa shape index (κ2) is 7.60. The number of carbonyl (C=O) groups is 2. The van der Waals surface area contributed by atoms with E-state index in [4.69, 9.17) is 10.2 Å². The number of hydrogen-bond donors (Lipinski definition) is 3. The lowest BCUT2D eigenvalue weighted by Crippen LogP contribution is -2.35. The Kier molecular flexibility index (Phi) is 5.54. The van der Waals surface area contributed by atoms with Crippen LogP contribution in [0.15, 0.2) is 41.0 Å². The number of amides is 2. The van der Waals surface area contributed by atoms with Crippen molar-refractivity contribution in [3.05, 3.63) is 47.9 Å². The molecule has 0 saturated heterocycles. The molecule has 4 N–H and O–H groups in total. The summed E-state index contributed by atoms with van der Waals surface area (Å²) in [7, 11) is 0. The Hall–Kier alpha value is -2.60. The predicted molar refractivity (Wildman–Crippen MR) is 89.4 cm³/mol. The first-order valence-electron chi connectivity index (χ1n) is 7.53. The summed E-state index contributed by atoms with van der Waals surface area (Å²) >= 11 is 0. The van der Waals surface area contributed by atoms with Crippen molar-refractivity contribution in [2.75, 3.05) is 10.6 Å². The highest BCUT2D eigenvalue weighted by Crippen LogP contribution is 2.21. The highest BCUT2D eigenvalue weighted by atomic mass is 16.3. The number of aryl methyl sites for hydroxylation is 1. The van der Waals surface area contributed by atoms with Crippen LogP contribution >= 0.6 is 0 Å². The van der Waals surface area contributed by atoms with Gasteiger partial charge in [-0.2, -0.15) is 0 Å². The fraction of sp³-hybridized carbons (Fsp3) is 0.294. The van der Waals surface area contributed by atoms with Crippen molar-refractivity contribution in [1.82, 2.24) is 0 Å². The average molecular weight is 315 g/mol. The lowest BCUT2D eigenvalue weighted by atomic mass is 10.1.